The minimum absolute atomic E-state index is 0.191. The van der Waals surface area contributed by atoms with Gasteiger partial charge in [0, 0.05) is 5.69 Å². The zero-order valence-electron chi connectivity index (χ0n) is 14.5. The highest BCUT2D eigenvalue weighted by Gasteiger charge is 2.17. The number of aryl methyl sites for hydroxylation is 2. The SMILES string of the molecule is Cc1ccc(NC(=O)c2cc3ccccc3cc2OC(=O)CCl)c(C)c1. The van der Waals surface area contributed by atoms with Gasteiger partial charge in [0.05, 0.1) is 5.56 Å². The van der Waals surface area contributed by atoms with Crippen LogP contribution < -0.4 is 10.1 Å². The fraction of sp³-hybridized carbons (Fsp3) is 0.143. The lowest BCUT2D eigenvalue weighted by Crippen LogP contribution is -2.17. The Kier molecular flexibility index (Phi) is 5.24. The number of anilines is 1. The number of benzene rings is 3. The zero-order valence-corrected chi connectivity index (χ0v) is 15.3. The fourth-order valence-corrected chi connectivity index (χ4v) is 2.83. The summed E-state index contributed by atoms with van der Waals surface area (Å²) >= 11 is 5.54. The first-order valence-electron chi connectivity index (χ1n) is 8.16. The minimum atomic E-state index is -0.609. The molecular formula is C21H18ClNO3. The van der Waals surface area contributed by atoms with E-state index in [4.69, 9.17) is 16.3 Å². The van der Waals surface area contributed by atoms with Crippen molar-refractivity contribution >= 4 is 39.9 Å². The Morgan fingerprint density at radius 3 is 2.35 bits per heavy atom. The molecule has 26 heavy (non-hydrogen) atoms. The van der Waals surface area contributed by atoms with Crippen LogP contribution in [0.25, 0.3) is 10.8 Å². The molecule has 0 aliphatic heterocycles. The van der Waals surface area contributed by atoms with Crippen molar-refractivity contribution in [3.8, 4) is 5.75 Å². The maximum absolute atomic E-state index is 12.9. The summed E-state index contributed by atoms with van der Waals surface area (Å²) in [6, 6.07) is 16.7. The summed E-state index contributed by atoms with van der Waals surface area (Å²) in [6.45, 7) is 3.92. The maximum Gasteiger partial charge on any atom is 0.326 e. The van der Waals surface area contributed by atoms with E-state index in [0.717, 1.165) is 21.9 Å². The molecule has 3 rings (SSSR count). The van der Waals surface area contributed by atoms with Gasteiger partial charge in [0.1, 0.15) is 11.6 Å². The predicted molar refractivity (Wildman–Crippen MR) is 104 cm³/mol. The maximum atomic E-state index is 12.9. The Morgan fingerprint density at radius 1 is 1.00 bits per heavy atom. The monoisotopic (exact) mass is 367 g/mol. The molecule has 0 atom stereocenters. The Bertz CT molecular complexity index is 998. The number of nitrogens with one attached hydrogen (secondary N) is 1. The van der Waals surface area contributed by atoms with Crippen LogP contribution in [-0.2, 0) is 4.79 Å². The summed E-state index contributed by atoms with van der Waals surface area (Å²) in [5, 5.41) is 4.63. The average Bonchev–Trinajstić information content (AvgIpc) is 2.63. The second-order valence-corrected chi connectivity index (χ2v) is 6.34. The molecular weight excluding hydrogens is 350 g/mol. The van der Waals surface area contributed by atoms with Gasteiger partial charge in [-0.15, -0.1) is 11.6 Å². The summed E-state index contributed by atoms with van der Waals surface area (Å²) in [5.41, 5.74) is 3.06. The number of ether oxygens (including phenoxy) is 1. The number of rotatable bonds is 4. The van der Waals surface area contributed by atoms with Gasteiger partial charge in [-0.05, 0) is 48.4 Å². The van der Waals surface area contributed by atoms with Crippen molar-refractivity contribution in [3.63, 3.8) is 0 Å². The molecule has 3 aromatic carbocycles. The second-order valence-electron chi connectivity index (χ2n) is 6.08. The van der Waals surface area contributed by atoms with E-state index < -0.39 is 5.97 Å². The summed E-state index contributed by atoms with van der Waals surface area (Å²) in [7, 11) is 0. The van der Waals surface area contributed by atoms with E-state index in [1.807, 2.05) is 56.3 Å². The highest BCUT2D eigenvalue weighted by Crippen LogP contribution is 2.28. The number of alkyl halides is 1. The number of hydrogen-bond donors (Lipinski definition) is 1. The van der Waals surface area contributed by atoms with E-state index in [1.54, 1.807) is 12.1 Å². The highest BCUT2D eigenvalue weighted by molar-refractivity contribution is 6.26. The van der Waals surface area contributed by atoms with Gasteiger partial charge in [0.2, 0.25) is 0 Å². The van der Waals surface area contributed by atoms with Crippen LogP contribution in [0, 0.1) is 13.8 Å². The fourth-order valence-electron chi connectivity index (χ4n) is 2.77. The first-order valence-corrected chi connectivity index (χ1v) is 8.69. The normalized spacial score (nSPS) is 10.6. The zero-order chi connectivity index (χ0) is 18.7. The van der Waals surface area contributed by atoms with Crippen molar-refractivity contribution in [2.45, 2.75) is 13.8 Å². The van der Waals surface area contributed by atoms with E-state index in [2.05, 4.69) is 5.32 Å². The van der Waals surface area contributed by atoms with Crippen molar-refractivity contribution in [2.24, 2.45) is 0 Å². The molecule has 0 bridgehead atoms. The lowest BCUT2D eigenvalue weighted by Gasteiger charge is -2.13. The molecule has 0 unspecified atom stereocenters. The molecule has 0 aliphatic carbocycles. The van der Waals surface area contributed by atoms with E-state index >= 15 is 0 Å². The molecule has 0 aliphatic rings. The molecule has 132 valence electrons. The van der Waals surface area contributed by atoms with Crippen LogP contribution in [0.15, 0.2) is 54.6 Å². The van der Waals surface area contributed by atoms with Crippen LogP contribution in [0.5, 0.6) is 5.75 Å². The molecule has 4 nitrogen and oxygen atoms in total. The number of hydrogen-bond acceptors (Lipinski definition) is 3. The lowest BCUT2D eigenvalue weighted by molar-refractivity contribution is -0.131. The molecule has 0 aromatic heterocycles. The summed E-state index contributed by atoms with van der Waals surface area (Å²) in [5.74, 6) is -1.05. The van der Waals surface area contributed by atoms with Crippen LogP contribution in [-0.4, -0.2) is 17.8 Å². The quantitative estimate of drug-likeness (QED) is 0.407. The van der Waals surface area contributed by atoms with Gasteiger partial charge in [0.25, 0.3) is 5.91 Å². The van der Waals surface area contributed by atoms with E-state index in [9.17, 15) is 9.59 Å². The van der Waals surface area contributed by atoms with Crippen molar-refractivity contribution in [3.05, 3.63) is 71.3 Å². The Morgan fingerprint density at radius 2 is 1.69 bits per heavy atom. The number of amides is 1. The van der Waals surface area contributed by atoms with Gasteiger partial charge in [-0.2, -0.15) is 0 Å². The molecule has 1 N–H and O–H groups in total. The van der Waals surface area contributed by atoms with Crippen molar-refractivity contribution < 1.29 is 14.3 Å². The van der Waals surface area contributed by atoms with Crippen LogP contribution in [0.1, 0.15) is 21.5 Å². The van der Waals surface area contributed by atoms with Crippen LogP contribution in [0.4, 0.5) is 5.69 Å². The van der Waals surface area contributed by atoms with Gasteiger partial charge >= 0.3 is 5.97 Å². The third kappa shape index (κ3) is 3.86. The molecule has 0 saturated heterocycles. The second kappa shape index (κ2) is 7.58. The molecule has 0 fully saturated rings. The molecule has 0 heterocycles. The summed E-state index contributed by atoms with van der Waals surface area (Å²) in [4.78, 5) is 24.5. The number of carbonyl (C=O) groups excluding carboxylic acids is 2. The molecule has 0 saturated carbocycles. The Balaban J connectivity index is 2.01. The topological polar surface area (TPSA) is 55.4 Å². The smallest absolute Gasteiger partial charge is 0.326 e. The van der Waals surface area contributed by atoms with Gasteiger partial charge < -0.3 is 10.1 Å². The van der Waals surface area contributed by atoms with Gasteiger partial charge in [-0.1, -0.05) is 42.0 Å². The summed E-state index contributed by atoms with van der Waals surface area (Å²) < 4.78 is 5.28. The van der Waals surface area contributed by atoms with E-state index in [0.29, 0.717) is 5.69 Å². The lowest BCUT2D eigenvalue weighted by atomic mass is 10.0. The standard InChI is InChI=1S/C21H18ClNO3/c1-13-7-8-18(14(2)9-13)23-21(25)17-10-15-5-3-4-6-16(15)11-19(17)26-20(24)12-22/h3-11H,12H2,1-2H3,(H,23,25). The van der Waals surface area contributed by atoms with E-state index in [1.165, 1.54) is 0 Å². The first-order chi connectivity index (χ1) is 12.5. The number of fused-ring (bicyclic) bond motifs is 1. The van der Waals surface area contributed by atoms with Crippen LogP contribution in [0.2, 0.25) is 0 Å². The third-order valence-electron chi connectivity index (χ3n) is 4.06. The number of halogens is 1. The largest absolute Gasteiger partial charge is 0.425 e. The van der Waals surface area contributed by atoms with Gasteiger partial charge in [-0.25, -0.2) is 0 Å². The Labute approximate surface area is 156 Å². The first kappa shape index (κ1) is 18.0. The van der Waals surface area contributed by atoms with Crippen LogP contribution >= 0.6 is 11.6 Å². The molecule has 5 heteroatoms. The van der Waals surface area contributed by atoms with Crippen LogP contribution in [0.3, 0.4) is 0 Å². The highest BCUT2D eigenvalue weighted by atomic mass is 35.5. The van der Waals surface area contributed by atoms with E-state index in [-0.39, 0.29) is 23.1 Å². The molecule has 3 aromatic rings. The van der Waals surface area contributed by atoms with Crippen molar-refractivity contribution in [2.75, 3.05) is 11.2 Å². The molecule has 0 spiro atoms. The Hall–Kier alpha value is -2.85. The molecule has 1 amide bonds. The minimum Gasteiger partial charge on any atom is -0.425 e. The number of esters is 1. The van der Waals surface area contributed by atoms with Crippen molar-refractivity contribution in [1.82, 2.24) is 0 Å². The van der Waals surface area contributed by atoms with Gasteiger partial charge in [-0.3, -0.25) is 9.59 Å². The van der Waals surface area contributed by atoms with Gasteiger partial charge in [0.15, 0.2) is 0 Å². The average molecular weight is 368 g/mol. The van der Waals surface area contributed by atoms with Crippen molar-refractivity contribution in [1.29, 1.82) is 0 Å². The third-order valence-corrected chi connectivity index (χ3v) is 4.27. The predicted octanol–water partition coefficient (Wildman–Crippen LogP) is 4.85. The number of carbonyl (C=O) groups is 2. The summed E-state index contributed by atoms with van der Waals surface area (Å²) in [6.07, 6.45) is 0. The molecule has 0 radical (unpaired) electrons.